The molecule has 0 heterocycles. The number of nitrogens with one attached hydrogen (secondary N) is 1. The molecule has 0 saturated heterocycles. The van der Waals surface area contributed by atoms with E-state index in [4.69, 9.17) is 0 Å². The van der Waals surface area contributed by atoms with E-state index in [0.29, 0.717) is 5.69 Å². The van der Waals surface area contributed by atoms with Gasteiger partial charge in [-0.1, -0.05) is 15.9 Å². The molecule has 0 saturated carbocycles. The number of carbonyl (C=O) groups is 1. The minimum atomic E-state index is -0.672. The van der Waals surface area contributed by atoms with Crippen LogP contribution in [0.1, 0.15) is 13.8 Å². The van der Waals surface area contributed by atoms with Gasteiger partial charge in [0, 0.05) is 17.8 Å². The molecule has 1 aromatic rings. The number of anilines is 1. The van der Waals surface area contributed by atoms with E-state index in [1.54, 1.807) is 13.8 Å². The van der Waals surface area contributed by atoms with Crippen LogP contribution in [0.5, 0.6) is 0 Å². The summed E-state index contributed by atoms with van der Waals surface area (Å²) in [5, 5.41) is 13.0. The quantitative estimate of drug-likeness (QED) is 0.527. The van der Waals surface area contributed by atoms with Gasteiger partial charge in [-0.3, -0.25) is 14.9 Å². The number of nitro benzene ring substituents is 1. The monoisotopic (exact) mass is 286 g/mol. The predicted octanol–water partition coefficient (Wildman–Crippen LogP) is 2.71. The third-order valence-electron chi connectivity index (χ3n) is 1.88. The highest BCUT2D eigenvalue weighted by Crippen LogP contribution is 2.20. The molecule has 6 heteroatoms. The number of alkyl halides is 1. The summed E-state index contributed by atoms with van der Waals surface area (Å²) in [6.45, 7) is 3.43. The van der Waals surface area contributed by atoms with Crippen LogP contribution in [0.4, 0.5) is 11.4 Å². The summed E-state index contributed by atoms with van der Waals surface area (Å²) in [6, 6.07) is 5.68. The van der Waals surface area contributed by atoms with E-state index < -0.39 is 9.25 Å². The summed E-state index contributed by atoms with van der Waals surface area (Å²) < 4.78 is -0.672. The van der Waals surface area contributed by atoms with Gasteiger partial charge < -0.3 is 5.32 Å². The fourth-order valence-corrected chi connectivity index (χ4v) is 1.05. The number of nitro groups is 1. The highest BCUT2D eigenvalue weighted by molar-refractivity contribution is 9.10. The minimum Gasteiger partial charge on any atom is -0.325 e. The molecule has 0 bridgehead atoms. The number of benzene rings is 1. The molecule has 0 aromatic heterocycles. The maximum atomic E-state index is 11.6. The Balaban J connectivity index is 2.77. The Labute approximate surface area is 101 Å². The Morgan fingerprint density at radius 1 is 1.38 bits per heavy atom. The van der Waals surface area contributed by atoms with Crippen LogP contribution in [-0.2, 0) is 4.79 Å². The first-order valence-corrected chi connectivity index (χ1v) is 5.35. The highest BCUT2D eigenvalue weighted by Gasteiger charge is 2.23. The van der Waals surface area contributed by atoms with Crippen LogP contribution in [0.3, 0.4) is 0 Å². The fraction of sp³-hybridized carbons (Fsp3) is 0.300. The van der Waals surface area contributed by atoms with Crippen molar-refractivity contribution in [3.8, 4) is 0 Å². The van der Waals surface area contributed by atoms with Gasteiger partial charge in [0.1, 0.15) is 0 Å². The molecule has 0 atom stereocenters. The van der Waals surface area contributed by atoms with Crippen molar-refractivity contribution >= 4 is 33.2 Å². The van der Waals surface area contributed by atoms with Gasteiger partial charge in [-0.05, 0) is 26.0 Å². The second kappa shape index (κ2) is 4.61. The molecule has 1 aromatic carbocycles. The lowest BCUT2D eigenvalue weighted by Gasteiger charge is -2.15. The third-order valence-corrected chi connectivity index (χ3v) is 2.24. The average Bonchev–Trinajstić information content (AvgIpc) is 2.17. The summed E-state index contributed by atoms with van der Waals surface area (Å²) in [4.78, 5) is 21.5. The molecular weight excluding hydrogens is 276 g/mol. The van der Waals surface area contributed by atoms with Crippen molar-refractivity contribution in [3.05, 3.63) is 34.4 Å². The number of hydrogen-bond acceptors (Lipinski definition) is 3. The topological polar surface area (TPSA) is 72.2 Å². The molecule has 0 aliphatic carbocycles. The zero-order valence-electron chi connectivity index (χ0n) is 8.86. The lowest BCUT2D eigenvalue weighted by atomic mass is 10.2. The number of non-ortho nitro benzene ring substituents is 1. The molecule has 0 aliphatic rings. The SMILES string of the molecule is CC(C)(Br)C(=O)Nc1ccc([N+](=O)[O-])cc1. The van der Waals surface area contributed by atoms with E-state index in [0.717, 1.165) is 0 Å². The van der Waals surface area contributed by atoms with E-state index in [9.17, 15) is 14.9 Å². The molecule has 0 fully saturated rings. The minimum absolute atomic E-state index is 0.00361. The van der Waals surface area contributed by atoms with Crippen LogP contribution < -0.4 is 5.32 Å². The Kier molecular flexibility index (Phi) is 3.64. The first kappa shape index (κ1) is 12.6. The standard InChI is InChI=1S/C10H11BrN2O3/c1-10(2,11)9(14)12-7-3-5-8(6-4-7)13(15)16/h3-6H,1-2H3,(H,12,14). The van der Waals surface area contributed by atoms with Gasteiger partial charge in [-0.2, -0.15) is 0 Å². The number of rotatable bonds is 3. The Morgan fingerprint density at radius 2 is 1.88 bits per heavy atom. The van der Waals surface area contributed by atoms with Crippen LogP contribution in [0.15, 0.2) is 24.3 Å². The summed E-state index contributed by atoms with van der Waals surface area (Å²) in [6.07, 6.45) is 0. The van der Waals surface area contributed by atoms with Crippen molar-refractivity contribution in [1.29, 1.82) is 0 Å². The number of halogens is 1. The number of nitrogens with zero attached hydrogens (tertiary/aromatic N) is 1. The van der Waals surface area contributed by atoms with E-state index in [2.05, 4.69) is 21.2 Å². The van der Waals surface area contributed by atoms with Crippen LogP contribution >= 0.6 is 15.9 Å². The Hall–Kier alpha value is -1.43. The second-order valence-electron chi connectivity index (χ2n) is 3.73. The van der Waals surface area contributed by atoms with Crippen molar-refractivity contribution in [3.63, 3.8) is 0 Å². The van der Waals surface area contributed by atoms with E-state index >= 15 is 0 Å². The lowest BCUT2D eigenvalue weighted by molar-refractivity contribution is -0.384. The van der Waals surface area contributed by atoms with Crippen molar-refractivity contribution in [1.82, 2.24) is 0 Å². The van der Waals surface area contributed by atoms with Crippen LogP contribution in [0.25, 0.3) is 0 Å². The first-order chi connectivity index (χ1) is 7.30. The van der Waals surface area contributed by atoms with Gasteiger partial charge >= 0.3 is 0 Å². The van der Waals surface area contributed by atoms with Gasteiger partial charge in [0.05, 0.1) is 9.25 Å². The summed E-state index contributed by atoms with van der Waals surface area (Å²) >= 11 is 3.22. The molecule has 1 amide bonds. The van der Waals surface area contributed by atoms with Gasteiger partial charge in [0.15, 0.2) is 0 Å². The van der Waals surface area contributed by atoms with E-state index in [1.165, 1.54) is 24.3 Å². The molecule has 1 rings (SSSR count). The molecule has 1 N–H and O–H groups in total. The zero-order valence-corrected chi connectivity index (χ0v) is 10.4. The highest BCUT2D eigenvalue weighted by atomic mass is 79.9. The van der Waals surface area contributed by atoms with Crippen molar-refractivity contribution < 1.29 is 9.72 Å². The molecule has 5 nitrogen and oxygen atoms in total. The smallest absolute Gasteiger partial charge is 0.269 e. The van der Waals surface area contributed by atoms with Crippen molar-refractivity contribution in [2.45, 2.75) is 18.2 Å². The summed E-state index contributed by atoms with van der Waals surface area (Å²) in [5.74, 6) is -0.207. The van der Waals surface area contributed by atoms with Crippen molar-refractivity contribution in [2.24, 2.45) is 0 Å². The van der Waals surface area contributed by atoms with Crippen LogP contribution in [0, 0.1) is 10.1 Å². The number of carbonyl (C=O) groups excluding carboxylic acids is 1. The maximum Gasteiger partial charge on any atom is 0.269 e. The maximum absolute atomic E-state index is 11.6. The summed E-state index contributed by atoms with van der Waals surface area (Å²) in [5.41, 5.74) is 0.527. The lowest BCUT2D eigenvalue weighted by Crippen LogP contribution is -2.30. The number of hydrogen-bond donors (Lipinski definition) is 1. The molecule has 0 radical (unpaired) electrons. The molecular formula is C10H11BrN2O3. The first-order valence-electron chi connectivity index (χ1n) is 4.55. The predicted molar refractivity (Wildman–Crippen MR) is 64.7 cm³/mol. The van der Waals surface area contributed by atoms with Gasteiger partial charge in [0.25, 0.3) is 5.69 Å². The third kappa shape index (κ3) is 3.30. The van der Waals surface area contributed by atoms with E-state index in [1.807, 2.05) is 0 Å². The zero-order chi connectivity index (χ0) is 12.3. The van der Waals surface area contributed by atoms with Crippen LogP contribution in [0.2, 0.25) is 0 Å². The van der Waals surface area contributed by atoms with Crippen LogP contribution in [-0.4, -0.2) is 15.2 Å². The van der Waals surface area contributed by atoms with E-state index in [-0.39, 0.29) is 11.6 Å². The molecule has 0 aliphatic heterocycles. The second-order valence-corrected chi connectivity index (χ2v) is 5.71. The molecule has 0 spiro atoms. The largest absolute Gasteiger partial charge is 0.325 e. The van der Waals surface area contributed by atoms with Gasteiger partial charge in [-0.25, -0.2) is 0 Å². The normalized spacial score (nSPS) is 10.9. The Bertz CT molecular complexity index is 409. The fourth-order valence-electron chi connectivity index (χ4n) is 0.946. The molecule has 86 valence electrons. The number of amides is 1. The van der Waals surface area contributed by atoms with Crippen molar-refractivity contribution in [2.75, 3.05) is 5.32 Å². The van der Waals surface area contributed by atoms with Gasteiger partial charge in [0.2, 0.25) is 5.91 Å². The molecule has 0 unspecified atom stereocenters. The summed E-state index contributed by atoms with van der Waals surface area (Å²) in [7, 11) is 0. The average molecular weight is 287 g/mol. The Morgan fingerprint density at radius 3 is 2.25 bits per heavy atom. The molecule has 16 heavy (non-hydrogen) atoms. The van der Waals surface area contributed by atoms with Gasteiger partial charge in [-0.15, -0.1) is 0 Å².